The minimum atomic E-state index is -0.492. The summed E-state index contributed by atoms with van der Waals surface area (Å²) in [6.07, 6.45) is 2.90. The molecule has 24 heavy (non-hydrogen) atoms. The molecule has 0 aliphatic carbocycles. The fourth-order valence-corrected chi connectivity index (χ4v) is 2.91. The Morgan fingerprint density at radius 1 is 1.17 bits per heavy atom. The van der Waals surface area contributed by atoms with Gasteiger partial charge in [0.25, 0.3) is 11.8 Å². The van der Waals surface area contributed by atoms with Gasteiger partial charge in [0.2, 0.25) is 0 Å². The number of anilines is 1. The molecule has 2 aromatic rings. The van der Waals surface area contributed by atoms with Crippen molar-refractivity contribution in [2.45, 2.75) is 6.92 Å². The molecule has 7 heteroatoms. The van der Waals surface area contributed by atoms with Gasteiger partial charge >= 0.3 is 0 Å². The molecule has 1 aromatic heterocycles. The molecule has 5 nitrogen and oxygen atoms in total. The molecule has 1 fully saturated rings. The molecule has 1 aromatic carbocycles. The zero-order valence-electron chi connectivity index (χ0n) is 12.7. The molecule has 1 saturated heterocycles. The van der Waals surface area contributed by atoms with Gasteiger partial charge in [-0.05, 0) is 61.6 Å². The molecule has 0 bridgehead atoms. The first kappa shape index (κ1) is 16.4. The van der Waals surface area contributed by atoms with Crippen LogP contribution in [0.15, 0.2) is 52.7 Å². The van der Waals surface area contributed by atoms with Crippen LogP contribution in [-0.2, 0) is 9.59 Å². The van der Waals surface area contributed by atoms with E-state index in [1.54, 1.807) is 43.3 Å². The molecule has 0 radical (unpaired) electrons. The van der Waals surface area contributed by atoms with Crippen molar-refractivity contribution in [3.63, 3.8) is 0 Å². The molecule has 0 spiro atoms. The third-order valence-electron chi connectivity index (χ3n) is 3.56. The van der Waals surface area contributed by atoms with Crippen molar-refractivity contribution in [1.29, 1.82) is 0 Å². The van der Waals surface area contributed by atoms with Crippen molar-refractivity contribution >= 4 is 52.5 Å². The number of nitrogens with zero attached hydrogens (tertiary/aromatic N) is 2. The monoisotopic (exact) mass is 360 g/mol. The first-order chi connectivity index (χ1) is 11.5. The van der Waals surface area contributed by atoms with Gasteiger partial charge < -0.3 is 4.42 Å². The van der Waals surface area contributed by atoms with E-state index < -0.39 is 11.8 Å². The number of thiocarbonyl (C=S) groups is 1. The summed E-state index contributed by atoms with van der Waals surface area (Å²) in [6.45, 7) is 2.15. The Hall–Kier alpha value is -2.44. The van der Waals surface area contributed by atoms with Gasteiger partial charge in [0.15, 0.2) is 5.11 Å². The molecular formula is C17H13ClN2O3S. The molecule has 1 aliphatic rings. The van der Waals surface area contributed by atoms with E-state index in [1.165, 1.54) is 22.1 Å². The van der Waals surface area contributed by atoms with Crippen LogP contribution < -0.4 is 4.90 Å². The summed E-state index contributed by atoms with van der Waals surface area (Å²) in [5.74, 6) is -0.505. The molecule has 2 amide bonds. The summed E-state index contributed by atoms with van der Waals surface area (Å²) in [6, 6.07) is 10.0. The van der Waals surface area contributed by atoms with Gasteiger partial charge in [0.1, 0.15) is 11.3 Å². The smallest absolute Gasteiger partial charge is 0.270 e. The predicted molar refractivity (Wildman–Crippen MR) is 95.6 cm³/mol. The van der Waals surface area contributed by atoms with Crippen molar-refractivity contribution in [2.75, 3.05) is 11.4 Å². The average molecular weight is 361 g/mol. The van der Waals surface area contributed by atoms with E-state index in [2.05, 4.69) is 0 Å². The van der Waals surface area contributed by atoms with Crippen LogP contribution in [0, 0.1) is 0 Å². The number of carbonyl (C=O) groups excluding carboxylic acids is 2. The maximum atomic E-state index is 12.9. The molecule has 2 heterocycles. The minimum Gasteiger partial charge on any atom is -0.465 e. The number of hydrogen-bond donors (Lipinski definition) is 0. The van der Waals surface area contributed by atoms with Crippen molar-refractivity contribution in [2.24, 2.45) is 0 Å². The average Bonchev–Trinajstić information content (AvgIpc) is 3.07. The molecule has 122 valence electrons. The minimum absolute atomic E-state index is 0.00431. The lowest BCUT2D eigenvalue weighted by molar-refractivity contribution is -0.127. The van der Waals surface area contributed by atoms with Crippen molar-refractivity contribution in [3.8, 4) is 0 Å². The first-order valence-corrected chi connectivity index (χ1v) is 8.02. The molecule has 1 aliphatic heterocycles. The highest BCUT2D eigenvalue weighted by Crippen LogP contribution is 2.27. The summed E-state index contributed by atoms with van der Waals surface area (Å²) in [5, 5.41) is 0.690. The molecule has 3 rings (SSSR count). The third-order valence-corrected chi connectivity index (χ3v) is 4.22. The summed E-state index contributed by atoms with van der Waals surface area (Å²) >= 11 is 11.2. The number of hydrogen-bond acceptors (Lipinski definition) is 4. The van der Waals surface area contributed by atoms with Gasteiger partial charge in [-0.25, -0.2) is 0 Å². The second-order valence-corrected chi connectivity index (χ2v) is 5.82. The Labute approximate surface area is 149 Å². The topological polar surface area (TPSA) is 53.8 Å². The number of halogens is 1. The van der Waals surface area contributed by atoms with Crippen LogP contribution in [0.5, 0.6) is 0 Å². The van der Waals surface area contributed by atoms with Gasteiger partial charge in [-0.2, -0.15) is 0 Å². The highest BCUT2D eigenvalue weighted by molar-refractivity contribution is 7.80. The summed E-state index contributed by atoms with van der Waals surface area (Å²) in [7, 11) is 0. The number of carbonyl (C=O) groups is 2. The molecular weight excluding hydrogens is 348 g/mol. The quantitative estimate of drug-likeness (QED) is 0.477. The van der Waals surface area contributed by atoms with Crippen LogP contribution in [0.2, 0.25) is 5.02 Å². The van der Waals surface area contributed by atoms with Gasteiger partial charge in [-0.1, -0.05) is 11.6 Å². The van der Waals surface area contributed by atoms with Crippen LogP contribution in [-0.4, -0.2) is 28.4 Å². The number of likely N-dealkylation sites (N-methyl/N-ethyl adjacent to an activating group) is 1. The van der Waals surface area contributed by atoms with E-state index in [4.69, 9.17) is 28.2 Å². The lowest BCUT2D eigenvalue weighted by atomic mass is 10.1. The van der Waals surface area contributed by atoms with Crippen LogP contribution >= 0.6 is 23.8 Å². The highest BCUT2D eigenvalue weighted by Gasteiger charge is 2.39. The van der Waals surface area contributed by atoms with Crippen molar-refractivity contribution in [1.82, 2.24) is 4.90 Å². The standard InChI is InChI=1S/C17H13ClN2O3S/c1-2-19-15(21)14(10-13-4-3-9-23-13)16(22)20(17(19)24)12-7-5-11(18)6-8-12/h3-10H,2H2,1H3/b14-10+. The maximum Gasteiger partial charge on any atom is 0.270 e. The molecule has 0 saturated carbocycles. The summed E-state index contributed by atoms with van der Waals surface area (Å²) < 4.78 is 5.22. The molecule has 0 unspecified atom stereocenters. The fourth-order valence-electron chi connectivity index (χ4n) is 2.39. The lowest BCUT2D eigenvalue weighted by Gasteiger charge is -2.35. The fraction of sp³-hybridized carbons (Fsp3) is 0.118. The van der Waals surface area contributed by atoms with E-state index in [9.17, 15) is 9.59 Å². The Kier molecular flexibility index (Phi) is 4.51. The Morgan fingerprint density at radius 2 is 1.88 bits per heavy atom. The van der Waals surface area contributed by atoms with Crippen molar-refractivity contribution in [3.05, 3.63) is 59.0 Å². The lowest BCUT2D eigenvalue weighted by Crippen LogP contribution is -2.56. The van der Waals surface area contributed by atoms with Gasteiger partial charge in [-0.3, -0.25) is 19.4 Å². The Bertz CT molecular complexity index is 828. The second-order valence-electron chi connectivity index (χ2n) is 5.02. The Morgan fingerprint density at radius 3 is 2.46 bits per heavy atom. The molecule has 0 atom stereocenters. The van der Waals surface area contributed by atoms with Crippen LogP contribution in [0.3, 0.4) is 0 Å². The second kappa shape index (κ2) is 6.59. The van der Waals surface area contributed by atoms with E-state index in [-0.39, 0.29) is 10.7 Å². The third kappa shape index (κ3) is 2.86. The largest absolute Gasteiger partial charge is 0.465 e. The predicted octanol–water partition coefficient (Wildman–Crippen LogP) is 3.50. The zero-order chi connectivity index (χ0) is 17.3. The van der Waals surface area contributed by atoms with E-state index in [1.807, 2.05) is 0 Å². The number of rotatable bonds is 3. The Balaban J connectivity index is 2.08. The maximum absolute atomic E-state index is 12.9. The van der Waals surface area contributed by atoms with Crippen LogP contribution in [0.1, 0.15) is 12.7 Å². The first-order valence-electron chi connectivity index (χ1n) is 7.24. The van der Waals surface area contributed by atoms with Crippen LogP contribution in [0.4, 0.5) is 5.69 Å². The number of benzene rings is 1. The molecule has 0 N–H and O–H groups in total. The normalized spacial score (nSPS) is 17.1. The highest BCUT2D eigenvalue weighted by atomic mass is 35.5. The SMILES string of the molecule is CCN1C(=O)/C(=C\c2ccco2)C(=O)N(c2ccc(Cl)cc2)C1=S. The van der Waals surface area contributed by atoms with Gasteiger partial charge in [-0.15, -0.1) is 0 Å². The summed E-state index contributed by atoms with van der Waals surface area (Å²) in [4.78, 5) is 28.2. The number of furan rings is 1. The van der Waals surface area contributed by atoms with Gasteiger partial charge in [0.05, 0.1) is 12.0 Å². The zero-order valence-corrected chi connectivity index (χ0v) is 14.3. The van der Waals surface area contributed by atoms with E-state index >= 15 is 0 Å². The number of amides is 2. The van der Waals surface area contributed by atoms with E-state index in [0.29, 0.717) is 23.0 Å². The van der Waals surface area contributed by atoms with Gasteiger partial charge in [0, 0.05) is 11.6 Å². The summed E-state index contributed by atoms with van der Waals surface area (Å²) in [5.41, 5.74) is 0.543. The van der Waals surface area contributed by atoms with E-state index in [0.717, 1.165) is 0 Å². The van der Waals surface area contributed by atoms with Crippen molar-refractivity contribution < 1.29 is 14.0 Å². The van der Waals surface area contributed by atoms with Crippen LogP contribution in [0.25, 0.3) is 6.08 Å².